The summed E-state index contributed by atoms with van der Waals surface area (Å²) in [5.74, 6) is -0.394. The SMILES string of the molecule is Cc1ccc(C(OC(=O)CCOCCOCCOCCOCCOCCOCCOCCOCCOCCOCCOCCOCCOCCOCCOCCOCCOCCOCCOCCOCCOCCOCCOCCOCCNC(=O)OCC2c3ccccc3-c3ccccc32)(c2ccccc2)c2ccccc2Cl)cc1. The Bertz CT molecular complexity index is 3090. The molecule has 0 saturated carbocycles. The van der Waals surface area contributed by atoms with E-state index in [0.717, 1.165) is 16.7 Å². The lowest BCUT2D eigenvalue weighted by atomic mass is 9.79. The molecule has 0 spiro atoms. The van der Waals surface area contributed by atoms with Crippen LogP contribution in [0, 0.1) is 6.92 Å². The second-order valence-corrected chi connectivity index (χ2v) is 26.0. The molecule has 5 aromatic rings. The highest BCUT2D eigenvalue weighted by Crippen LogP contribution is 2.45. The molecule has 0 aliphatic heterocycles. The monoisotopic (exact) mass is 1660 g/mol. The van der Waals surface area contributed by atoms with Gasteiger partial charge in [0.15, 0.2) is 5.60 Å². The minimum atomic E-state index is -1.26. The van der Waals surface area contributed by atoms with E-state index in [1.54, 1.807) is 6.07 Å². The van der Waals surface area contributed by atoms with Crippen LogP contribution in [-0.2, 0) is 134 Å². The summed E-state index contributed by atoms with van der Waals surface area (Å²) in [5.41, 5.74) is 6.83. The first-order valence-corrected chi connectivity index (χ1v) is 40.9. The molecular weight excluding hydrogens is 1530 g/mol. The average Bonchev–Trinajstić information content (AvgIpc) is 0.925. The Balaban J connectivity index is 0.531. The minimum Gasteiger partial charge on any atom is -0.449 e. The van der Waals surface area contributed by atoms with Crippen molar-refractivity contribution in [2.45, 2.75) is 24.9 Å². The molecule has 0 radical (unpaired) electrons. The summed E-state index contributed by atoms with van der Waals surface area (Å²) < 4.78 is 145. The van der Waals surface area contributed by atoms with Crippen molar-refractivity contribution in [1.29, 1.82) is 0 Å². The maximum atomic E-state index is 13.5. The van der Waals surface area contributed by atoms with E-state index in [1.165, 1.54) is 22.3 Å². The molecule has 0 aromatic heterocycles. The molecule has 1 atom stereocenters. The highest BCUT2D eigenvalue weighted by atomic mass is 35.5. The van der Waals surface area contributed by atoms with Gasteiger partial charge >= 0.3 is 12.1 Å². The highest BCUT2D eigenvalue weighted by Gasteiger charge is 2.42. The van der Waals surface area contributed by atoms with E-state index in [4.69, 9.17) is 135 Å². The van der Waals surface area contributed by atoms with Crippen LogP contribution in [0.3, 0.4) is 0 Å². The van der Waals surface area contributed by atoms with Gasteiger partial charge < -0.3 is 128 Å². The van der Waals surface area contributed by atoms with Gasteiger partial charge in [0, 0.05) is 34.2 Å². The zero-order valence-electron chi connectivity index (χ0n) is 68.1. The van der Waals surface area contributed by atoms with E-state index in [-0.39, 0.29) is 25.6 Å². The molecule has 1 aliphatic rings. The molecule has 1 N–H and O–H groups in total. The molecule has 5 aromatic carbocycles. The maximum Gasteiger partial charge on any atom is 0.407 e. The molecule has 116 heavy (non-hydrogen) atoms. The number of hydrogen-bond acceptors (Lipinski definition) is 28. The van der Waals surface area contributed by atoms with E-state index < -0.39 is 17.7 Å². The molecule has 1 amide bonds. The Kier molecular flexibility index (Phi) is 59.7. The standard InChI is InChI=1S/C86H128ClNO28/c1-74-19-21-76(22-20-74)86(75-11-3-2-4-12-75,82-17-9-10-18-83(82)87)116-84(89)23-25-91-27-29-93-31-33-95-35-37-97-39-41-99-43-45-101-47-49-103-51-53-105-55-57-107-59-61-109-63-65-111-67-69-113-71-72-114-70-68-112-66-64-110-62-60-108-58-56-106-54-52-104-50-48-102-46-44-100-42-40-98-38-36-96-34-32-94-30-28-92-26-24-88-85(90)115-73-81-79-15-7-5-13-77(79)78-14-6-8-16-80(78)81/h2-22,81H,23-73H2,1H3,(H,88,90). The summed E-state index contributed by atoms with van der Waals surface area (Å²) in [6.45, 7) is 24.2. The number of amides is 1. The van der Waals surface area contributed by atoms with Crippen LogP contribution in [-0.4, -0.2) is 342 Å². The lowest BCUT2D eigenvalue weighted by Crippen LogP contribution is -2.36. The van der Waals surface area contributed by atoms with E-state index in [2.05, 4.69) is 29.6 Å². The third-order valence-corrected chi connectivity index (χ3v) is 17.4. The topological polar surface area (TPSA) is 286 Å². The predicted octanol–water partition coefficient (Wildman–Crippen LogP) is 8.81. The van der Waals surface area contributed by atoms with Crippen molar-refractivity contribution in [3.63, 3.8) is 0 Å². The summed E-state index contributed by atoms with van der Waals surface area (Å²) in [5, 5.41) is 3.24. The molecule has 0 bridgehead atoms. The molecular formula is C86H128ClNO28. The van der Waals surface area contributed by atoms with Gasteiger partial charge in [-0.3, -0.25) is 4.79 Å². The zero-order valence-corrected chi connectivity index (χ0v) is 68.8. The Hall–Kier alpha value is -5.83. The number of alkyl carbamates (subject to hydrolysis) is 1. The number of esters is 1. The van der Waals surface area contributed by atoms with Gasteiger partial charge in [0.05, 0.1) is 324 Å². The van der Waals surface area contributed by atoms with Crippen LogP contribution in [0.1, 0.15) is 45.7 Å². The molecule has 652 valence electrons. The van der Waals surface area contributed by atoms with E-state index in [9.17, 15) is 9.59 Å². The van der Waals surface area contributed by atoms with Crippen molar-refractivity contribution in [3.8, 4) is 11.1 Å². The quantitative estimate of drug-likeness (QED) is 0.0216. The normalized spacial score (nSPS) is 12.5. The Morgan fingerprint density at radius 1 is 0.293 bits per heavy atom. The van der Waals surface area contributed by atoms with Crippen LogP contribution in [0.25, 0.3) is 11.1 Å². The second-order valence-electron chi connectivity index (χ2n) is 25.6. The molecule has 0 saturated heterocycles. The number of carbonyl (C=O) groups is 2. The third-order valence-electron chi connectivity index (χ3n) is 17.0. The number of fused-ring (bicyclic) bond motifs is 3. The van der Waals surface area contributed by atoms with E-state index in [1.807, 2.05) is 104 Å². The van der Waals surface area contributed by atoms with Crippen molar-refractivity contribution in [2.24, 2.45) is 0 Å². The first kappa shape index (κ1) is 99.0. The van der Waals surface area contributed by atoms with Crippen LogP contribution in [0.2, 0.25) is 5.02 Å². The summed E-state index contributed by atoms with van der Waals surface area (Å²) in [6.07, 6.45) is -0.412. The van der Waals surface area contributed by atoms with E-state index in [0.29, 0.717) is 328 Å². The smallest absolute Gasteiger partial charge is 0.407 e. The van der Waals surface area contributed by atoms with Gasteiger partial charge in [0.25, 0.3) is 0 Å². The first-order chi connectivity index (χ1) is 57.5. The second kappa shape index (κ2) is 69.9. The number of rotatable bonds is 81. The predicted molar refractivity (Wildman–Crippen MR) is 432 cm³/mol. The summed E-state index contributed by atoms with van der Waals surface area (Å²) >= 11 is 6.78. The van der Waals surface area contributed by atoms with Crippen LogP contribution in [0.15, 0.2) is 127 Å². The summed E-state index contributed by atoms with van der Waals surface area (Å²) in [7, 11) is 0. The fourth-order valence-electron chi connectivity index (χ4n) is 11.3. The molecule has 0 fully saturated rings. The van der Waals surface area contributed by atoms with Gasteiger partial charge in [-0.2, -0.15) is 0 Å². The number of nitrogens with one attached hydrogen (secondary N) is 1. The van der Waals surface area contributed by atoms with Gasteiger partial charge in [-0.25, -0.2) is 4.79 Å². The fourth-order valence-corrected chi connectivity index (χ4v) is 11.5. The molecule has 1 aliphatic carbocycles. The van der Waals surface area contributed by atoms with Crippen molar-refractivity contribution < 1.29 is 133 Å². The van der Waals surface area contributed by atoms with Gasteiger partial charge in [0.2, 0.25) is 0 Å². The third kappa shape index (κ3) is 46.7. The number of hydrogen-bond donors (Lipinski definition) is 1. The van der Waals surface area contributed by atoms with Gasteiger partial charge in [0.1, 0.15) is 6.61 Å². The summed E-state index contributed by atoms with van der Waals surface area (Å²) in [4.78, 5) is 25.8. The summed E-state index contributed by atoms with van der Waals surface area (Å²) in [6, 6.07) is 41.5. The zero-order chi connectivity index (χ0) is 81.4. The molecule has 0 heterocycles. The highest BCUT2D eigenvalue weighted by molar-refractivity contribution is 6.31. The van der Waals surface area contributed by atoms with Crippen molar-refractivity contribution >= 4 is 23.7 Å². The fraction of sp³-hybridized carbons (Fsp3) is 0.628. The number of aryl methyl sites for hydroxylation is 1. The van der Waals surface area contributed by atoms with Crippen molar-refractivity contribution in [1.82, 2.24) is 5.32 Å². The average molecular weight is 1660 g/mol. The van der Waals surface area contributed by atoms with Crippen LogP contribution < -0.4 is 5.32 Å². The molecule has 30 heteroatoms. The Labute approximate surface area is 690 Å². The number of carbonyl (C=O) groups excluding carboxylic acids is 2. The molecule has 6 rings (SSSR count). The van der Waals surface area contributed by atoms with Crippen LogP contribution >= 0.6 is 11.6 Å². The molecule has 1 unspecified atom stereocenters. The van der Waals surface area contributed by atoms with Gasteiger partial charge in [-0.1, -0.05) is 138 Å². The van der Waals surface area contributed by atoms with Gasteiger partial charge in [-0.15, -0.1) is 0 Å². The lowest BCUT2D eigenvalue weighted by Gasteiger charge is -2.36. The van der Waals surface area contributed by atoms with Crippen molar-refractivity contribution in [3.05, 3.63) is 166 Å². The minimum absolute atomic E-state index is 0.0242. The number of benzene rings is 5. The van der Waals surface area contributed by atoms with Crippen LogP contribution in [0.5, 0.6) is 0 Å². The van der Waals surface area contributed by atoms with Gasteiger partial charge in [-0.05, 0) is 35.2 Å². The Morgan fingerprint density at radius 2 is 0.543 bits per heavy atom. The van der Waals surface area contributed by atoms with Crippen molar-refractivity contribution in [2.75, 3.05) is 330 Å². The number of ether oxygens (including phenoxy) is 26. The number of halogens is 1. The van der Waals surface area contributed by atoms with Crippen LogP contribution in [0.4, 0.5) is 4.79 Å². The molecule has 29 nitrogen and oxygen atoms in total. The lowest BCUT2D eigenvalue weighted by molar-refractivity contribution is -0.154. The largest absolute Gasteiger partial charge is 0.449 e. The maximum absolute atomic E-state index is 13.5. The van der Waals surface area contributed by atoms with E-state index >= 15 is 0 Å². The first-order valence-electron chi connectivity index (χ1n) is 40.5. The Morgan fingerprint density at radius 3 is 0.845 bits per heavy atom.